The number of carboxylic acids is 1. The van der Waals surface area contributed by atoms with Gasteiger partial charge in [0.25, 0.3) is 20.2 Å². The average Bonchev–Trinajstić information content (AvgIpc) is 2.91. The van der Waals surface area contributed by atoms with Gasteiger partial charge in [-0.25, -0.2) is 4.79 Å². The molecule has 0 fully saturated rings. The Balaban J connectivity index is 1.76. The largest absolute Gasteiger partial charge is 0.478 e. The topological polar surface area (TPSA) is 155 Å². The fraction of sp³-hybridized carbons (Fsp3) is 0.324. The summed E-state index contributed by atoms with van der Waals surface area (Å²) in [5.74, 6) is -1.40. The van der Waals surface area contributed by atoms with Crippen LogP contribution in [0, 0.1) is 10.8 Å². The lowest BCUT2D eigenvalue weighted by molar-refractivity contribution is 0.0696. The number of carbonyl (C=O) groups is 1. The van der Waals surface area contributed by atoms with Crippen molar-refractivity contribution in [2.75, 3.05) is 11.5 Å². The highest BCUT2D eigenvalue weighted by Crippen LogP contribution is 2.45. The van der Waals surface area contributed by atoms with Crippen LogP contribution in [0.25, 0.3) is 22.8 Å². The van der Waals surface area contributed by atoms with E-state index in [0.29, 0.717) is 67.3 Å². The molecule has 0 radical (unpaired) electrons. The van der Waals surface area contributed by atoms with E-state index in [4.69, 9.17) is 4.74 Å². The summed E-state index contributed by atoms with van der Waals surface area (Å²) in [5, 5.41) is 11.6. The molecule has 6 rings (SSSR count). The SMILES string of the molecule is CC(C)c1ccc(C(=O)O)c(C2=c3cc4c(cc3Oc3cc5c(cc32)C(CS(=O)(=O)O)=CC(C)(C)C5)=CC(C)(C)C=C4CS(=O)(=O)O)c1. The highest BCUT2D eigenvalue weighted by Gasteiger charge is 2.33. The molecule has 48 heavy (non-hydrogen) atoms. The number of ether oxygens (including phenoxy) is 1. The lowest BCUT2D eigenvalue weighted by atomic mass is 9.75. The Morgan fingerprint density at radius 1 is 0.792 bits per heavy atom. The van der Waals surface area contributed by atoms with Gasteiger partial charge in [0.1, 0.15) is 23.0 Å². The molecule has 0 aromatic heterocycles. The molecule has 0 spiro atoms. The van der Waals surface area contributed by atoms with Crippen molar-refractivity contribution < 1.29 is 40.6 Å². The Kier molecular flexibility index (Phi) is 7.95. The fourth-order valence-electron chi connectivity index (χ4n) is 7.18. The zero-order valence-electron chi connectivity index (χ0n) is 27.6. The highest BCUT2D eigenvalue weighted by atomic mass is 32.2. The van der Waals surface area contributed by atoms with Crippen LogP contribution < -0.4 is 15.2 Å². The van der Waals surface area contributed by atoms with Gasteiger partial charge in [0.15, 0.2) is 0 Å². The molecule has 3 aromatic rings. The molecule has 0 saturated heterocycles. The van der Waals surface area contributed by atoms with E-state index in [0.717, 1.165) is 11.1 Å². The fourth-order valence-corrected chi connectivity index (χ4v) is 8.44. The molecule has 0 saturated carbocycles. The van der Waals surface area contributed by atoms with Crippen molar-refractivity contribution in [1.29, 1.82) is 0 Å². The first-order valence-corrected chi connectivity index (χ1v) is 18.8. The van der Waals surface area contributed by atoms with E-state index in [1.807, 2.05) is 71.9 Å². The molecule has 2 aliphatic carbocycles. The molecular weight excluding hydrogens is 653 g/mol. The minimum Gasteiger partial charge on any atom is -0.478 e. The Hall–Kier alpha value is -4.03. The molecule has 0 bridgehead atoms. The number of fused-ring (bicyclic) bond motifs is 4. The van der Waals surface area contributed by atoms with Crippen LogP contribution in [-0.2, 0) is 26.7 Å². The van der Waals surface area contributed by atoms with E-state index in [-0.39, 0.29) is 11.5 Å². The van der Waals surface area contributed by atoms with Gasteiger partial charge in [0, 0.05) is 21.8 Å². The van der Waals surface area contributed by atoms with Gasteiger partial charge < -0.3 is 9.84 Å². The Bertz CT molecular complexity index is 2340. The average molecular weight is 691 g/mol. The van der Waals surface area contributed by atoms with Crippen molar-refractivity contribution in [2.24, 2.45) is 10.8 Å². The van der Waals surface area contributed by atoms with Crippen LogP contribution >= 0.6 is 0 Å². The first kappa shape index (κ1) is 33.9. The van der Waals surface area contributed by atoms with Crippen LogP contribution in [0.15, 0.2) is 54.6 Å². The van der Waals surface area contributed by atoms with E-state index in [1.54, 1.807) is 30.3 Å². The molecule has 0 unspecified atom stereocenters. The van der Waals surface area contributed by atoms with Gasteiger partial charge in [-0.3, -0.25) is 9.11 Å². The maximum atomic E-state index is 12.7. The maximum absolute atomic E-state index is 12.7. The first-order chi connectivity index (χ1) is 22.1. The molecule has 1 aliphatic heterocycles. The van der Waals surface area contributed by atoms with Crippen LogP contribution in [0.2, 0.25) is 0 Å². The smallest absolute Gasteiger partial charge is 0.336 e. The molecule has 9 nitrogen and oxygen atoms in total. The molecule has 0 atom stereocenters. The van der Waals surface area contributed by atoms with Crippen molar-refractivity contribution in [3.8, 4) is 11.5 Å². The summed E-state index contributed by atoms with van der Waals surface area (Å²) in [6.07, 6.45) is 6.18. The Morgan fingerprint density at radius 3 is 2.04 bits per heavy atom. The summed E-state index contributed by atoms with van der Waals surface area (Å²) in [4.78, 5) is 12.7. The van der Waals surface area contributed by atoms with Gasteiger partial charge in [-0.05, 0) is 98.3 Å². The van der Waals surface area contributed by atoms with E-state index in [9.17, 15) is 35.8 Å². The van der Waals surface area contributed by atoms with Crippen LogP contribution in [0.5, 0.6) is 11.5 Å². The lowest BCUT2D eigenvalue weighted by Crippen LogP contribution is -2.29. The van der Waals surface area contributed by atoms with Gasteiger partial charge in [-0.1, -0.05) is 65.8 Å². The zero-order valence-corrected chi connectivity index (χ0v) is 29.2. The quantitative estimate of drug-likeness (QED) is 0.204. The predicted octanol–water partition coefficient (Wildman–Crippen LogP) is 5.81. The maximum Gasteiger partial charge on any atom is 0.336 e. The molecule has 3 aromatic carbocycles. The van der Waals surface area contributed by atoms with Crippen molar-refractivity contribution in [3.63, 3.8) is 0 Å². The molecule has 11 heteroatoms. The molecule has 3 N–H and O–H groups in total. The Morgan fingerprint density at radius 2 is 1.44 bits per heavy atom. The Labute approximate surface area is 280 Å². The predicted molar refractivity (Wildman–Crippen MR) is 186 cm³/mol. The van der Waals surface area contributed by atoms with E-state index in [1.165, 1.54) is 0 Å². The third-order valence-corrected chi connectivity index (χ3v) is 10.3. The van der Waals surface area contributed by atoms with Crippen LogP contribution in [0.1, 0.15) is 91.2 Å². The van der Waals surface area contributed by atoms with E-state index >= 15 is 0 Å². The second kappa shape index (κ2) is 11.3. The van der Waals surface area contributed by atoms with E-state index < -0.39 is 48.5 Å². The summed E-state index contributed by atoms with van der Waals surface area (Å²) >= 11 is 0. The summed E-state index contributed by atoms with van der Waals surface area (Å²) in [6, 6.07) is 12.4. The summed E-state index contributed by atoms with van der Waals surface area (Å²) in [7, 11) is -8.79. The third-order valence-electron chi connectivity index (χ3n) is 8.98. The number of rotatable bonds is 7. The molecule has 0 amide bonds. The second-order valence-electron chi connectivity index (χ2n) is 14.6. The third kappa shape index (κ3) is 6.64. The molecule has 1 heterocycles. The normalized spacial score (nSPS) is 17.6. The second-order valence-corrected chi connectivity index (χ2v) is 17.5. The highest BCUT2D eigenvalue weighted by molar-refractivity contribution is 7.86. The summed E-state index contributed by atoms with van der Waals surface area (Å²) in [5.41, 5.74) is 4.22. The zero-order chi connectivity index (χ0) is 35.1. The van der Waals surface area contributed by atoms with Crippen molar-refractivity contribution in [2.45, 2.75) is 53.9 Å². The van der Waals surface area contributed by atoms with Gasteiger partial charge in [0.2, 0.25) is 0 Å². The first-order valence-electron chi connectivity index (χ1n) is 15.6. The number of hydrogen-bond acceptors (Lipinski definition) is 6. The minimum absolute atomic E-state index is 0.0415. The molecule has 252 valence electrons. The monoisotopic (exact) mass is 690 g/mol. The molecular formula is C37H38O9S2. The number of aromatic carboxylic acids is 1. The van der Waals surface area contributed by atoms with Gasteiger partial charge >= 0.3 is 5.97 Å². The van der Waals surface area contributed by atoms with Crippen LogP contribution in [0.3, 0.4) is 0 Å². The summed E-state index contributed by atoms with van der Waals surface area (Å²) in [6.45, 7) is 11.8. The minimum atomic E-state index is -4.40. The van der Waals surface area contributed by atoms with Gasteiger partial charge in [-0.2, -0.15) is 16.8 Å². The molecule has 3 aliphatic rings. The van der Waals surface area contributed by atoms with Crippen LogP contribution in [-0.4, -0.2) is 48.5 Å². The van der Waals surface area contributed by atoms with Crippen LogP contribution in [0.4, 0.5) is 0 Å². The number of benzene rings is 3. The number of hydrogen-bond donors (Lipinski definition) is 3. The lowest BCUT2D eigenvalue weighted by Gasteiger charge is -2.32. The number of allylic oxidation sites excluding steroid dienone is 2. The van der Waals surface area contributed by atoms with Gasteiger partial charge in [-0.15, -0.1) is 0 Å². The van der Waals surface area contributed by atoms with Crippen molar-refractivity contribution >= 4 is 49.0 Å². The standard InChI is InChI=1S/C37H38O9S2/c1-20(2)21-7-8-26(35(38)39)29(9-21)34-30-12-27-22(14-36(3,4)16-24(27)18-47(40,41)42)10-32(30)46-33-11-23-15-37(5,6)17-25(19-48(43,44)45)28(23)13-31(33)34/h7-14,16-17,20H,15,18-19H2,1-6H3,(H,38,39)(H,40,41,42)(H,43,44,45). The van der Waals surface area contributed by atoms with Gasteiger partial charge in [0.05, 0.1) is 5.56 Å². The summed E-state index contributed by atoms with van der Waals surface area (Å²) < 4.78 is 74.9. The van der Waals surface area contributed by atoms with Crippen molar-refractivity contribution in [1.82, 2.24) is 0 Å². The van der Waals surface area contributed by atoms with Crippen molar-refractivity contribution in [3.05, 3.63) is 104 Å². The van der Waals surface area contributed by atoms with E-state index in [2.05, 4.69) is 0 Å². The number of carboxylic acid groups (broad SMARTS) is 1.